The molecule has 112 valence electrons. The summed E-state index contributed by atoms with van der Waals surface area (Å²) in [7, 11) is -0.431. The lowest BCUT2D eigenvalue weighted by atomic mass is 9.97. The number of hydrogen-bond acceptors (Lipinski definition) is 5. The maximum absolute atomic E-state index is 12.5. The van der Waals surface area contributed by atoms with Crippen molar-refractivity contribution in [2.45, 2.75) is 17.7 Å². The van der Waals surface area contributed by atoms with Gasteiger partial charge in [-0.1, -0.05) is 0 Å². The Labute approximate surface area is 118 Å². The van der Waals surface area contributed by atoms with Gasteiger partial charge in [-0.05, 0) is 12.8 Å². The normalized spacial score (nSPS) is 18.1. The van der Waals surface area contributed by atoms with E-state index in [9.17, 15) is 13.2 Å². The topological polar surface area (TPSA) is 110 Å². The van der Waals surface area contributed by atoms with Gasteiger partial charge in [-0.25, -0.2) is 8.42 Å². The molecule has 0 bridgehead atoms. The van der Waals surface area contributed by atoms with Crippen LogP contribution in [0.15, 0.2) is 11.1 Å². The summed E-state index contributed by atoms with van der Waals surface area (Å²) in [6.45, 7) is 0.628. The zero-order chi connectivity index (χ0) is 14.9. The summed E-state index contributed by atoms with van der Waals surface area (Å²) < 4.78 is 27.7. The van der Waals surface area contributed by atoms with E-state index in [2.05, 4.69) is 10.4 Å². The summed E-state index contributed by atoms with van der Waals surface area (Å²) in [5.74, 6) is -0.165. The van der Waals surface area contributed by atoms with Crippen molar-refractivity contribution < 1.29 is 13.2 Å². The van der Waals surface area contributed by atoms with Gasteiger partial charge in [0.25, 0.3) is 0 Å². The van der Waals surface area contributed by atoms with Gasteiger partial charge in [0, 0.05) is 39.3 Å². The summed E-state index contributed by atoms with van der Waals surface area (Å²) in [6.07, 6.45) is 2.42. The third-order valence-corrected chi connectivity index (χ3v) is 5.43. The number of nitrogens with one attached hydrogen (secondary N) is 1. The molecule has 1 aromatic rings. The van der Waals surface area contributed by atoms with E-state index in [1.165, 1.54) is 15.2 Å². The standard InChI is InChI=1S/C11H19N5O3S/c1-13-11(17)8-3-5-16(6-4-8)20(18,19)9-7-15(2)14-10(9)12/h7-8H,3-6H2,1-2H3,(H2,12,14)(H,13,17). The molecule has 1 aromatic heterocycles. The second-order valence-corrected chi connectivity index (χ2v) is 6.75. The fraction of sp³-hybridized carbons (Fsp3) is 0.636. The number of carbonyl (C=O) groups excluding carboxylic acids is 1. The van der Waals surface area contributed by atoms with Crippen molar-refractivity contribution in [2.75, 3.05) is 25.9 Å². The second kappa shape index (κ2) is 5.41. The molecule has 8 nitrogen and oxygen atoms in total. The van der Waals surface area contributed by atoms with Gasteiger partial charge >= 0.3 is 0 Å². The van der Waals surface area contributed by atoms with E-state index in [-0.39, 0.29) is 22.5 Å². The van der Waals surface area contributed by atoms with Crippen molar-refractivity contribution in [2.24, 2.45) is 13.0 Å². The molecule has 0 spiro atoms. The number of piperidine rings is 1. The minimum absolute atomic E-state index is 0.000856. The van der Waals surface area contributed by atoms with Crippen LogP contribution < -0.4 is 11.1 Å². The molecule has 1 aliphatic heterocycles. The first-order valence-corrected chi connectivity index (χ1v) is 7.81. The van der Waals surface area contributed by atoms with Crippen molar-refractivity contribution in [3.8, 4) is 0 Å². The highest BCUT2D eigenvalue weighted by Gasteiger charge is 2.33. The number of sulfonamides is 1. The molecule has 0 unspecified atom stereocenters. The zero-order valence-electron chi connectivity index (χ0n) is 11.5. The van der Waals surface area contributed by atoms with E-state index in [1.807, 2.05) is 0 Å². The SMILES string of the molecule is CNC(=O)C1CCN(S(=O)(=O)c2cn(C)nc2N)CC1. The van der Waals surface area contributed by atoms with E-state index in [0.717, 1.165) is 0 Å². The summed E-state index contributed by atoms with van der Waals surface area (Å²) in [6, 6.07) is 0. The number of amides is 1. The number of rotatable bonds is 3. The van der Waals surface area contributed by atoms with Crippen molar-refractivity contribution in [1.29, 1.82) is 0 Å². The average Bonchev–Trinajstić information content (AvgIpc) is 2.77. The van der Waals surface area contributed by atoms with Gasteiger partial charge in [-0.3, -0.25) is 9.48 Å². The Bertz CT molecular complexity index is 602. The predicted molar refractivity (Wildman–Crippen MR) is 73.2 cm³/mol. The molecule has 0 aliphatic carbocycles. The highest BCUT2D eigenvalue weighted by Crippen LogP contribution is 2.26. The molecule has 1 amide bonds. The first kappa shape index (κ1) is 14.8. The predicted octanol–water partition coefficient (Wildman–Crippen LogP) is -0.851. The Morgan fingerprint density at radius 2 is 2.05 bits per heavy atom. The number of anilines is 1. The molecule has 3 N–H and O–H groups in total. The lowest BCUT2D eigenvalue weighted by Gasteiger charge is -2.29. The summed E-state index contributed by atoms with van der Waals surface area (Å²) in [4.78, 5) is 11.6. The Morgan fingerprint density at radius 3 is 2.50 bits per heavy atom. The Kier molecular flexibility index (Phi) is 4.00. The van der Waals surface area contributed by atoms with Crippen LogP contribution in [0, 0.1) is 5.92 Å². The maximum atomic E-state index is 12.5. The highest BCUT2D eigenvalue weighted by molar-refractivity contribution is 7.89. The second-order valence-electron chi connectivity index (χ2n) is 4.84. The van der Waals surface area contributed by atoms with E-state index in [1.54, 1.807) is 14.1 Å². The number of nitrogen functional groups attached to an aromatic ring is 1. The third kappa shape index (κ3) is 2.63. The lowest BCUT2D eigenvalue weighted by Crippen LogP contribution is -2.42. The van der Waals surface area contributed by atoms with E-state index in [0.29, 0.717) is 25.9 Å². The molecule has 20 heavy (non-hydrogen) atoms. The van der Waals surface area contributed by atoms with Crippen LogP contribution in [0.4, 0.5) is 5.82 Å². The molecule has 1 aliphatic rings. The number of hydrogen-bond donors (Lipinski definition) is 2. The quantitative estimate of drug-likeness (QED) is 0.755. The monoisotopic (exact) mass is 301 g/mol. The van der Waals surface area contributed by atoms with Crippen LogP contribution in [-0.2, 0) is 21.9 Å². The third-order valence-electron chi connectivity index (χ3n) is 3.51. The van der Waals surface area contributed by atoms with Gasteiger partial charge in [0.15, 0.2) is 5.82 Å². The van der Waals surface area contributed by atoms with Crippen LogP contribution in [0.2, 0.25) is 0 Å². The van der Waals surface area contributed by atoms with Gasteiger partial charge in [0.1, 0.15) is 4.90 Å². The number of aryl methyl sites for hydroxylation is 1. The lowest BCUT2D eigenvalue weighted by molar-refractivity contribution is -0.125. The van der Waals surface area contributed by atoms with Crippen LogP contribution in [-0.4, -0.2) is 48.5 Å². The first-order valence-electron chi connectivity index (χ1n) is 6.37. The molecule has 0 aromatic carbocycles. The molecule has 9 heteroatoms. The Morgan fingerprint density at radius 1 is 1.45 bits per heavy atom. The van der Waals surface area contributed by atoms with Crippen LogP contribution in [0.1, 0.15) is 12.8 Å². The van der Waals surface area contributed by atoms with Crippen LogP contribution in [0.3, 0.4) is 0 Å². The van der Waals surface area contributed by atoms with Crippen LogP contribution in [0.5, 0.6) is 0 Å². The average molecular weight is 301 g/mol. The van der Waals surface area contributed by atoms with E-state index in [4.69, 9.17) is 5.73 Å². The molecule has 2 rings (SSSR count). The number of nitrogens with two attached hydrogens (primary N) is 1. The van der Waals surface area contributed by atoms with E-state index >= 15 is 0 Å². The minimum Gasteiger partial charge on any atom is -0.381 e. The Hall–Kier alpha value is -1.61. The van der Waals surface area contributed by atoms with Crippen LogP contribution in [0.25, 0.3) is 0 Å². The van der Waals surface area contributed by atoms with Crippen molar-refractivity contribution in [3.05, 3.63) is 6.20 Å². The van der Waals surface area contributed by atoms with Gasteiger partial charge < -0.3 is 11.1 Å². The molecular weight excluding hydrogens is 282 g/mol. The summed E-state index contributed by atoms with van der Waals surface area (Å²) in [5, 5.41) is 6.45. The highest BCUT2D eigenvalue weighted by atomic mass is 32.2. The van der Waals surface area contributed by atoms with Gasteiger partial charge in [0.05, 0.1) is 0 Å². The minimum atomic E-state index is -3.63. The molecule has 0 saturated carbocycles. The summed E-state index contributed by atoms with van der Waals surface area (Å²) >= 11 is 0. The molecule has 0 atom stereocenters. The van der Waals surface area contributed by atoms with Gasteiger partial charge in [-0.2, -0.15) is 9.40 Å². The molecule has 1 fully saturated rings. The van der Waals surface area contributed by atoms with Crippen molar-refractivity contribution in [3.63, 3.8) is 0 Å². The molecule has 0 radical (unpaired) electrons. The molecule has 1 saturated heterocycles. The molecular formula is C11H19N5O3S. The zero-order valence-corrected chi connectivity index (χ0v) is 12.4. The smallest absolute Gasteiger partial charge is 0.248 e. The summed E-state index contributed by atoms with van der Waals surface area (Å²) in [5.41, 5.74) is 5.63. The van der Waals surface area contributed by atoms with Crippen molar-refractivity contribution >= 4 is 21.7 Å². The molecule has 2 heterocycles. The largest absolute Gasteiger partial charge is 0.381 e. The van der Waals surface area contributed by atoms with Crippen LogP contribution >= 0.6 is 0 Å². The van der Waals surface area contributed by atoms with E-state index < -0.39 is 10.0 Å². The van der Waals surface area contributed by atoms with Gasteiger partial charge in [-0.15, -0.1) is 0 Å². The van der Waals surface area contributed by atoms with Crippen molar-refractivity contribution in [1.82, 2.24) is 19.4 Å². The van der Waals surface area contributed by atoms with Gasteiger partial charge in [0.2, 0.25) is 15.9 Å². The fourth-order valence-corrected chi connectivity index (χ4v) is 3.94. The number of carbonyl (C=O) groups is 1. The number of nitrogens with zero attached hydrogens (tertiary/aromatic N) is 3. The number of aromatic nitrogens is 2. The Balaban J connectivity index is 2.14. The first-order chi connectivity index (χ1) is 9.36. The maximum Gasteiger partial charge on any atom is 0.248 e. The fourth-order valence-electron chi connectivity index (χ4n) is 2.38.